The van der Waals surface area contributed by atoms with Crippen LogP contribution in [0.1, 0.15) is 79.1 Å². The molecule has 0 radical (unpaired) electrons. The molecular formula is C18H33N. The topological polar surface area (TPSA) is 26.0 Å². The number of unbranched alkanes of at least 4 members (excludes halogenated alkanes) is 5. The molecule has 0 heterocycles. The second-order valence-corrected chi connectivity index (χ2v) is 5.83. The molecule has 2 N–H and O–H groups in total. The van der Waals surface area contributed by atoms with Crippen LogP contribution in [0.3, 0.4) is 0 Å². The summed E-state index contributed by atoms with van der Waals surface area (Å²) < 4.78 is 0. The zero-order valence-electron chi connectivity index (χ0n) is 13.5. The van der Waals surface area contributed by atoms with Crippen LogP contribution in [0.15, 0.2) is 11.6 Å². The van der Waals surface area contributed by atoms with Crippen molar-refractivity contribution in [2.45, 2.75) is 85.1 Å². The molecule has 0 fully saturated rings. The fraction of sp³-hybridized carbons (Fsp3) is 0.778. The molecule has 0 aromatic carbocycles. The summed E-state index contributed by atoms with van der Waals surface area (Å²) in [5.41, 5.74) is 6.88. The van der Waals surface area contributed by atoms with Crippen molar-refractivity contribution < 1.29 is 0 Å². The van der Waals surface area contributed by atoms with E-state index in [0.29, 0.717) is 5.92 Å². The summed E-state index contributed by atoms with van der Waals surface area (Å²) in [6.07, 6.45) is 12.5. The molecule has 1 heteroatoms. The van der Waals surface area contributed by atoms with Crippen LogP contribution >= 0.6 is 0 Å². The summed E-state index contributed by atoms with van der Waals surface area (Å²) in [5.74, 6) is 7.12. The zero-order valence-corrected chi connectivity index (χ0v) is 13.5. The minimum absolute atomic E-state index is 0.234. The van der Waals surface area contributed by atoms with Crippen LogP contribution in [0.25, 0.3) is 0 Å². The monoisotopic (exact) mass is 263 g/mol. The molecular weight excluding hydrogens is 230 g/mol. The van der Waals surface area contributed by atoms with Crippen LogP contribution in [-0.4, -0.2) is 6.04 Å². The van der Waals surface area contributed by atoms with Gasteiger partial charge in [-0.1, -0.05) is 70.3 Å². The van der Waals surface area contributed by atoms with E-state index < -0.39 is 0 Å². The van der Waals surface area contributed by atoms with Gasteiger partial charge in [-0.15, -0.1) is 0 Å². The highest BCUT2D eigenvalue weighted by Gasteiger charge is 1.97. The molecule has 110 valence electrons. The maximum atomic E-state index is 5.72. The Labute approximate surface area is 121 Å². The van der Waals surface area contributed by atoms with Crippen molar-refractivity contribution in [3.8, 4) is 11.8 Å². The Bertz CT molecular complexity index is 291. The normalized spacial score (nSPS) is 14.7. The predicted octanol–water partition coefficient (Wildman–Crippen LogP) is 5.06. The van der Waals surface area contributed by atoms with E-state index in [2.05, 4.69) is 38.7 Å². The quantitative estimate of drug-likeness (QED) is 0.456. The predicted molar refractivity (Wildman–Crippen MR) is 87.0 cm³/mol. The number of nitrogens with two attached hydrogens (primary N) is 1. The fourth-order valence-electron chi connectivity index (χ4n) is 1.95. The SMILES string of the molecule is CCCCCCCC[C@@H](C)C#C/C(C)=C\CC(C)N. The standard InChI is InChI=1S/C18H33N/c1-5-6-7-8-9-10-11-16(2)12-13-17(3)14-15-18(4)19/h14,16,18H,5-11,15,19H2,1-4H3/b17-14-/t16-,18?/m1/s1. The third-order valence-corrected chi connectivity index (χ3v) is 3.30. The molecule has 19 heavy (non-hydrogen) atoms. The second kappa shape index (κ2) is 12.3. The molecule has 1 nitrogen and oxygen atoms in total. The van der Waals surface area contributed by atoms with Crippen LogP contribution in [-0.2, 0) is 0 Å². The van der Waals surface area contributed by atoms with Gasteiger partial charge in [-0.2, -0.15) is 0 Å². The van der Waals surface area contributed by atoms with Crippen LogP contribution < -0.4 is 5.73 Å². The summed E-state index contributed by atoms with van der Waals surface area (Å²) in [6.45, 7) is 8.60. The second-order valence-electron chi connectivity index (χ2n) is 5.83. The molecule has 0 aliphatic rings. The molecule has 0 spiro atoms. The first-order valence-corrected chi connectivity index (χ1v) is 8.00. The molecule has 0 amide bonds. The van der Waals surface area contributed by atoms with Crippen molar-refractivity contribution in [2.24, 2.45) is 11.7 Å². The lowest BCUT2D eigenvalue weighted by Crippen LogP contribution is -2.12. The Morgan fingerprint density at radius 3 is 2.37 bits per heavy atom. The van der Waals surface area contributed by atoms with Crippen molar-refractivity contribution in [1.29, 1.82) is 0 Å². The van der Waals surface area contributed by atoms with E-state index in [9.17, 15) is 0 Å². The van der Waals surface area contributed by atoms with Gasteiger partial charge in [0.1, 0.15) is 0 Å². The van der Waals surface area contributed by atoms with Crippen LogP contribution in [0.2, 0.25) is 0 Å². The lowest BCUT2D eigenvalue weighted by Gasteiger charge is -2.04. The first-order chi connectivity index (χ1) is 9.06. The Hall–Kier alpha value is -0.740. The van der Waals surface area contributed by atoms with E-state index in [1.807, 2.05) is 6.92 Å². The van der Waals surface area contributed by atoms with Crippen molar-refractivity contribution >= 4 is 0 Å². The maximum absolute atomic E-state index is 5.72. The maximum Gasteiger partial charge on any atom is 0.0178 e. The summed E-state index contributed by atoms with van der Waals surface area (Å²) in [5, 5.41) is 0. The van der Waals surface area contributed by atoms with Gasteiger partial charge in [0.05, 0.1) is 0 Å². The molecule has 1 unspecified atom stereocenters. The molecule has 0 bridgehead atoms. The molecule has 2 atom stereocenters. The Balaban J connectivity index is 3.73. The summed E-state index contributed by atoms with van der Waals surface area (Å²) in [6, 6.07) is 0.234. The van der Waals surface area contributed by atoms with E-state index >= 15 is 0 Å². The number of rotatable bonds is 9. The summed E-state index contributed by atoms with van der Waals surface area (Å²) >= 11 is 0. The zero-order chi connectivity index (χ0) is 14.5. The first kappa shape index (κ1) is 18.3. The molecule has 0 aliphatic carbocycles. The summed E-state index contributed by atoms with van der Waals surface area (Å²) in [4.78, 5) is 0. The van der Waals surface area contributed by atoms with E-state index in [-0.39, 0.29) is 6.04 Å². The molecule has 0 saturated heterocycles. The first-order valence-electron chi connectivity index (χ1n) is 8.00. The number of allylic oxidation sites excluding steroid dienone is 1. The molecule has 0 aliphatic heterocycles. The van der Waals surface area contributed by atoms with Crippen molar-refractivity contribution in [2.75, 3.05) is 0 Å². The molecule has 0 aromatic heterocycles. The minimum atomic E-state index is 0.234. The van der Waals surface area contributed by atoms with Gasteiger partial charge in [-0.3, -0.25) is 0 Å². The molecule has 0 saturated carbocycles. The Morgan fingerprint density at radius 1 is 1.11 bits per heavy atom. The highest BCUT2D eigenvalue weighted by atomic mass is 14.6. The largest absolute Gasteiger partial charge is 0.328 e. The van der Waals surface area contributed by atoms with Gasteiger partial charge in [0.25, 0.3) is 0 Å². The van der Waals surface area contributed by atoms with Gasteiger partial charge in [0, 0.05) is 12.0 Å². The molecule has 0 rings (SSSR count). The van der Waals surface area contributed by atoms with Crippen LogP contribution in [0.4, 0.5) is 0 Å². The summed E-state index contributed by atoms with van der Waals surface area (Å²) in [7, 11) is 0. The van der Waals surface area contributed by atoms with Gasteiger partial charge in [0.15, 0.2) is 0 Å². The third-order valence-electron chi connectivity index (χ3n) is 3.30. The highest BCUT2D eigenvalue weighted by molar-refractivity contribution is 5.27. The van der Waals surface area contributed by atoms with Crippen molar-refractivity contribution in [3.63, 3.8) is 0 Å². The van der Waals surface area contributed by atoms with Crippen LogP contribution in [0.5, 0.6) is 0 Å². The van der Waals surface area contributed by atoms with Gasteiger partial charge in [0.2, 0.25) is 0 Å². The average molecular weight is 263 g/mol. The fourth-order valence-corrected chi connectivity index (χ4v) is 1.95. The van der Waals surface area contributed by atoms with Gasteiger partial charge >= 0.3 is 0 Å². The van der Waals surface area contributed by atoms with E-state index in [1.165, 1.54) is 44.9 Å². The van der Waals surface area contributed by atoms with Crippen molar-refractivity contribution in [1.82, 2.24) is 0 Å². The van der Waals surface area contributed by atoms with Crippen molar-refractivity contribution in [3.05, 3.63) is 11.6 Å². The smallest absolute Gasteiger partial charge is 0.0178 e. The lowest BCUT2D eigenvalue weighted by atomic mass is 10.0. The number of hydrogen-bond acceptors (Lipinski definition) is 1. The third kappa shape index (κ3) is 13.5. The average Bonchev–Trinajstić information content (AvgIpc) is 2.38. The molecule has 0 aromatic rings. The van der Waals surface area contributed by atoms with Gasteiger partial charge in [-0.05, 0) is 32.3 Å². The van der Waals surface area contributed by atoms with Gasteiger partial charge in [-0.25, -0.2) is 0 Å². The van der Waals surface area contributed by atoms with Crippen LogP contribution in [0, 0.1) is 17.8 Å². The minimum Gasteiger partial charge on any atom is -0.328 e. The Morgan fingerprint density at radius 2 is 1.74 bits per heavy atom. The lowest BCUT2D eigenvalue weighted by molar-refractivity contribution is 0.551. The van der Waals surface area contributed by atoms with Gasteiger partial charge < -0.3 is 5.73 Å². The highest BCUT2D eigenvalue weighted by Crippen LogP contribution is 2.11. The van der Waals surface area contributed by atoms with E-state index in [0.717, 1.165) is 12.0 Å². The number of hydrogen-bond donors (Lipinski definition) is 1. The van der Waals surface area contributed by atoms with E-state index in [1.54, 1.807) is 0 Å². The van der Waals surface area contributed by atoms with E-state index in [4.69, 9.17) is 5.73 Å². The Kier molecular flexibility index (Phi) is 11.8.